The number of halogens is 3. The number of carboxylic acids is 1. The lowest BCUT2D eigenvalue weighted by Gasteiger charge is -2.35. The molecule has 11 nitrogen and oxygen atoms in total. The number of nitrogens with one attached hydrogen (secondary N) is 3. The van der Waals surface area contributed by atoms with Gasteiger partial charge in [-0.3, -0.25) is 19.9 Å². The second-order valence-corrected chi connectivity index (χ2v) is 10.9. The predicted octanol–water partition coefficient (Wildman–Crippen LogP) is 3.85. The average Bonchev–Trinajstić information content (AvgIpc) is 3.40. The number of piperidine rings is 1. The molecule has 4 rings (SSSR count). The van der Waals surface area contributed by atoms with Crippen molar-refractivity contribution in [2.45, 2.75) is 45.3 Å². The highest BCUT2D eigenvalue weighted by molar-refractivity contribution is 7.23. The maximum atomic E-state index is 13.6. The Kier molecular flexibility index (Phi) is 10.3. The van der Waals surface area contributed by atoms with Gasteiger partial charge in [0.1, 0.15) is 23.0 Å². The second kappa shape index (κ2) is 13.3. The number of aliphatic carboxylic acids is 1. The summed E-state index contributed by atoms with van der Waals surface area (Å²) in [6.45, 7) is 8.15. The second-order valence-electron chi connectivity index (χ2n) is 9.84. The minimum Gasteiger partial charge on any atom is -0.475 e. The van der Waals surface area contributed by atoms with E-state index >= 15 is 0 Å². The van der Waals surface area contributed by atoms with E-state index in [-0.39, 0.29) is 24.5 Å². The van der Waals surface area contributed by atoms with Crippen LogP contribution in [-0.2, 0) is 14.3 Å². The van der Waals surface area contributed by atoms with Crippen molar-refractivity contribution < 1.29 is 42.2 Å². The van der Waals surface area contributed by atoms with E-state index < -0.39 is 17.7 Å². The standard InChI is InChI=1S/C24H31N5O4S.C2HF3O2/c1-4-25-23(32)27-20-19(16-7-5-6-8-17(16)34-20)21(30)29-11-9-24(10-12-29)22(31)26-18(28-24)14-33-13-15(2)3;3-2(4,5)1(6)7/h5-8,15H,4,9-14H2,1-3H3,(H2,25,27,32)(H,26,28,31);(H,6,7). The average molecular weight is 600 g/mol. The zero-order valence-electron chi connectivity index (χ0n) is 22.8. The van der Waals surface area contributed by atoms with Crippen LogP contribution >= 0.6 is 11.3 Å². The topological polar surface area (TPSA) is 149 Å². The summed E-state index contributed by atoms with van der Waals surface area (Å²) in [5.41, 5.74) is -0.350. The van der Waals surface area contributed by atoms with Crippen LogP contribution in [-0.4, -0.2) is 84.2 Å². The molecule has 0 radical (unpaired) electrons. The van der Waals surface area contributed by atoms with E-state index in [9.17, 15) is 27.6 Å². The highest BCUT2D eigenvalue weighted by Crippen LogP contribution is 2.38. The molecule has 0 atom stereocenters. The van der Waals surface area contributed by atoms with Gasteiger partial charge in [0.05, 0.1) is 5.56 Å². The normalized spacial score (nSPS) is 16.2. The molecule has 2 aliphatic heterocycles. The molecule has 1 saturated heterocycles. The van der Waals surface area contributed by atoms with E-state index in [0.29, 0.717) is 61.4 Å². The number of hydrogen-bond donors (Lipinski definition) is 4. The van der Waals surface area contributed by atoms with Crippen LogP contribution in [0.25, 0.3) is 10.1 Å². The highest BCUT2D eigenvalue weighted by Gasteiger charge is 2.46. The van der Waals surface area contributed by atoms with Gasteiger partial charge < -0.3 is 25.4 Å². The SMILES string of the molecule is CCNC(=O)Nc1sc2ccccc2c1C(=O)N1CCC2(CC1)N=C(COCC(C)C)NC2=O.O=C(O)C(F)(F)F. The van der Waals surface area contributed by atoms with Crippen LogP contribution in [0, 0.1) is 5.92 Å². The van der Waals surface area contributed by atoms with Crippen molar-refractivity contribution in [2.75, 3.05) is 38.2 Å². The number of hydrogen-bond acceptors (Lipinski definition) is 7. The monoisotopic (exact) mass is 599 g/mol. The Morgan fingerprint density at radius 1 is 1.22 bits per heavy atom. The van der Waals surface area contributed by atoms with Crippen molar-refractivity contribution in [3.05, 3.63) is 29.8 Å². The lowest BCUT2D eigenvalue weighted by Crippen LogP contribution is -2.50. The Bertz CT molecular complexity index is 1320. The predicted molar refractivity (Wildman–Crippen MR) is 147 cm³/mol. The number of urea groups is 1. The van der Waals surface area contributed by atoms with Gasteiger partial charge in [0, 0.05) is 36.3 Å². The number of rotatable bonds is 7. The first-order chi connectivity index (χ1) is 19.3. The molecule has 0 bridgehead atoms. The number of carbonyl (C=O) groups is 4. The minimum atomic E-state index is -5.08. The van der Waals surface area contributed by atoms with Crippen LogP contribution in [0.3, 0.4) is 0 Å². The van der Waals surface area contributed by atoms with Crippen LogP contribution in [0.1, 0.15) is 44.0 Å². The third-order valence-corrected chi connectivity index (χ3v) is 7.30. The summed E-state index contributed by atoms with van der Waals surface area (Å²) in [5.74, 6) is -2.07. The van der Waals surface area contributed by atoms with Crippen LogP contribution in [0.15, 0.2) is 29.3 Å². The number of amidine groups is 1. The van der Waals surface area contributed by atoms with Gasteiger partial charge in [0.2, 0.25) is 0 Å². The van der Waals surface area contributed by atoms with Crippen molar-refractivity contribution in [1.82, 2.24) is 15.5 Å². The third-order valence-electron chi connectivity index (χ3n) is 6.21. The van der Waals surface area contributed by atoms with Crippen molar-refractivity contribution in [3.63, 3.8) is 0 Å². The van der Waals surface area contributed by atoms with E-state index in [1.165, 1.54) is 11.3 Å². The van der Waals surface area contributed by atoms with E-state index in [1.54, 1.807) is 4.90 Å². The third kappa shape index (κ3) is 7.94. The van der Waals surface area contributed by atoms with Gasteiger partial charge in [-0.05, 0) is 31.7 Å². The molecular formula is C26H32F3N5O6S. The summed E-state index contributed by atoms with van der Waals surface area (Å²) < 4.78 is 38.3. The van der Waals surface area contributed by atoms with Gasteiger partial charge in [0.25, 0.3) is 11.8 Å². The zero-order chi connectivity index (χ0) is 30.4. The molecule has 1 fully saturated rings. The van der Waals surface area contributed by atoms with E-state index in [1.807, 2.05) is 31.2 Å². The maximum absolute atomic E-state index is 13.6. The Labute approximate surface area is 238 Å². The molecule has 41 heavy (non-hydrogen) atoms. The molecule has 1 aromatic heterocycles. The smallest absolute Gasteiger partial charge is 0.475 e. The van der Waals surface area contributed by atoms with Crippen molar-refractivity contribution in [3.8, 4) is 0 Å². The molecular weight excluding hydrogens is 567 g/mol. The molecule has 0 unspecified atom stereocenters. The first kappa shape index (κ1) is 31.8. The molecule has 2 aromatic rings. The molecule has 4 N–H and O–H groups in total. The fourth-order valence-electron chi connectivity index (χ4n) is 4.27. The van der Waals surface area contributed by atoms with Crippen LogP contribution in [0.4, 0.5) is 23.0 Å². The van der Waals surface area contributed by atoms with Crippen molar-refractivity contribution >= 4 is 56.1 Å². The van der Waals surface area contributed by atoms with Gasteiger partial charge in [-0.1, -0.05) is 32.0 Å². The zero-order valence-corrected chi connectivity index (χ0v) is 23.6. The number of amides is 4. The largest absolute Gasteiger partial charge is 0.490 e. The molecule has 0 saturated carbocycles. The number of carboxylic acid groups (broad SMARTS) is 1. The number of nitrogens with zero attached hydrogens (tertiary/aromatic N) is 2. The van der Waals surface area contributed by atoms with Crippen LogP contribution in [0.2, 0.25) is 0 Å². The van der Waals surface area contributed by atoms with Crippen molar-refractivity contribution in [1.29, 1.82) is 0 Å². The molecule has 1 spiro atoms. The molecule has 0 aliphatic carbocycles. The van der Waals surface area contributed by atoms with Gasteiger partial charge in [-0.25, -0.2) is 9.59 Å². The minimum absolute atomic E-state index is 0.123. The van der Waals surface area contributed by atoms with Crippen LogP contribution in [0.5, 0.6) is 0 Å². The fraction of sp³-hybridized carbons (Fsp3) is 0.500. The quantitative estimate of drug-likeness (QED) is 0.380. The molecule has 2 aliphatic rings. The highest BCUT2D eigenvalue weighted by atomic mass is 32.1. The Morgan fingerprint density at radius 2 is 1.85 bits per heavy atom. The first-order valence-electron chi connectivity index (χ1n) is 12.9. The number of thiophene rings is 1. The summed E-state index contributed by atoms with van der Waals surface area (Å²) in [4.78, 5) is 53.8. The molecule has 1 aromatic carbocycles. The molecule has 4 amide bonds. The van der Waals surface area contributed by atoms with Crippen LogP contribution < -0.4 is 16.0 Å². The summed E-state index contributed by atoms with van der Waals surface area (Å²) >= 11 is 1.38. The number of likely N-dealkylation sites (tertiary alicyclic amines) is 1. The molecule has 3 heterocycles. The van der Waals surface area contributed by atoms with Gasteiger partial charge in [0.15, 0.2) is 0 Å². The van der Waals surface area contributed by atoms with Gasteiger partial charge in [-0.2, -0.15) is 13.2 Å². The van der Waals surface area contributed by atoms with E-state index in [2.05, 4.69) is 34.8 Å². The summed E-state index contributed by atoms with van der Waals surface area (Å²) in [5, 5.41) is 16.9. The first-order valence-corrected chi connectivity index (χ1v) is 13.7. The molecule has 224 valence electrons. The summed E-state index contributed by atoms with van der Waals surface area (Å²) in [6.07, 6.45) is -4.20. The lowest BCUT2D eigenvalue weighted by molar-refractivity contribution is -0.192. The van der Waals surface area contributed by atoms with Crippen molar-refractivity contribution in [2.24, 2.45) is 10.9 Å². The number of carbonyl (C=O) groups excluding carboxylic acids is 3. The number of benzene rings is 1. The number of fused-ring (bicyclic) bond motifs is 1. The Hall–Kier alpha value is -3.72. The summed E-state index contributed by atoms with van der Waals surface area (Å²) in [7, 11) is 0. The van der Waals surface area contributed by atoms with Gasteiger partial charge >= 0.3 is 18.2 Å². The number of alkyl halides is 3. The summed E-state index contributed by atoms with van der Waals surface area (Å²) in [6, 6.07) is 7.28. The van der Waals surface area contributed by atoms with E-state index in [0.717, 1.165) is 10.1 Å². The number of aliphatic imine (C=N–C) groups is 1. The Morgan fingerprint density at radius 3 is 2.44 bits per heavy atom. The number of anilines is 1. The maximum Gasteiger partial charge on any atom is 0.490 e. The van der Waals surface area contributed by atoms with E-state index in [4.69, 9.17) is 14.6 Å². The Balaban J connectivity index is 0.000000587. The fourth-order valence-corrected chi connectivity index (χ4v) is 5.36. The number of ether oxygens (including phenoxy) is 1. The molecule has 15 heteroatoms. The lowest BCUT2D eigenvalue weighted by atomic mass is 9.87. The van der Waals surface area contributed by atoms with Gasteiger partial charge in [-0.15, -0.1) is 11.3 Å².